The van der Waals surface area contributed by atoms with Crippen LogP contribution in [-0.2, 0) is 0 Å². The smallest absolute Gasteiger partial charge is 0.152 e. The summed E-state index contributed by atoms with van der Waals surface area (Å²) in [5.41, 5.74) is 3.66. The average molecular weight is 243 g/mol. The molecule has 0 radical (unpaired) electrons. The second kappa shape index (κ2) is 4.91. The predicted molar refractivity (Wildman–Crippen MR) is 74.6 cm³/mol. The fraction of sp³-hybridized carbons (Fsp3) is 0.231. The van der Waals surface area contributed by atoms with E-state index in [0.29, 0.717) is 0 Å². The lowest BCUT2D eigenvalue weighted by atomic mass is 10.3. The number of aryl methyl sites for hydroxylation is 1. The normalized spacial score (nSPS) is 10.2. The van der Waals surface area contributed by atoms with Crippen molar-refractivity contribution in [3.8, 4) is 0 Å². The molecule has 2 aromatic heterocycles. The molecule has 2 aromatic rings. The molecule has 0 atom stereocenters. The van der Waals surface area contributed by atoms with Gasteiger partial charge in [-0.1, -0.05) is 6.58 Å². The Kier molecular flexibility index (Phi) is 3.32. The van der Waals surface area contributed by atoms with Crippen molar-refractivity contribution in [1.82, 2.24) is 14.9 Å². The molecule has 0 aliphatic rings. The number of anilines is 1. The van der Waals surface area contributed by atoms with E-state index >= 15 is 0 Å². The molecule has 0 amide bonds. The van der Waals surface area contributed by atoms with Gasteiger partial charge in [0.2, 0.25) is 0 Å². The van der Waals surface area contributed by atoms with Gasteiger partial charge in [0, 0.05) is 23.7 Å². The van der Waals surface area contributed by atoms with Crippen molar-refractivity contribution in [3.05, 3.63) is 42.4 Å². The molecule has 0 bridgehead atoms. The molecule has 2 heterocycles. The lowest BCUT2D eigenvalue weighted by molar-refractivity contribution is 0.868. The highest BCUT2D eigenvalue weighted by molar-refractivity contribution is 5.79. The van der Waals surface area contributed by atoms with Crippen LogP contribution in [0.4, 0.5) is 5.82 Å². The third-order valence-corrected chi connectivity index (χ3v) is 2.33. The molecule has 0 spiro atoms. The van der Waals surface area contributed by atoms with E-state index in [-0.39, 0.29) is 0 Å². The van der Waals surface area contributed by atoms with Crippen LogP contribution in [-0.4, -0.2) is 20.6 Å². The van der Waals surface area contributed by atoms with Crippen molar-refractivity contribution in [3.63, 3.8) is 0 Å². The maximum absolute atomic E-state index is 4.39. The van der Waals surface area contributed by atoms with Crippen LogP contribution in [0.5, 0.6) is 0 Å². The second-order valence-electron chi connectivity index (χ2n) is 4.32. The van der Waals surface area contributed by atoms with Crippen LogP contribution in [0.15, 0.2) is 36.1 Å². The third kappa shape index (κ3) is 2.68. The van der Waals surface area contributed by atoms with Gasteiger partial charge in [-0.15, -0.1) is 0 Å². The highest BCUT2D eigenvalue weighted by Crippen LogP contribution is 2.16. The van der Waals surface area contributed by atoms with Crippen molar-refractivity contribution in [2.24, 2.45) is 5.10 Å². The van der Waals surface area contributed by atoms with Gasteiger partial charge in [-0.05, 0) is 32.9 Å². The van der Waals surface area contributed by atoms with Gasteiger partial charge in [0.1, 0.15) is 0 Å². The van der Waals surface area contributed by atoms with Crippen molar-refractivity contribution in [1.29, 1.82) is 0 Å². The summed E-state index contributed by atoms with van der Waals surface area (Å²) in [7, 11) is 0. The molecule has 5 heteroatoms. The number of nitrogens with one attached hydrogen (secondary N) is 2. The average Bonchev–Trinajstić information content (AvgIpc) is 2.87. The molecule has 0 aliphatic carbocycles. The zero-order valence-electron chi connectivity index (χ0n) is 10.9. The summed E-state index contributed by atoms with van der Waals surface area (Å²) in [6, 6.07) is 5.82. The molecule has 0 aliphatic heterocycles. The molecular weight excluding hydrogens is 226 g/mol. The first-order valence-electron chi connectivity index (χ1n) is 5.74. The Morgan fingerprint density at radius 1 is 1.50 bits per heavy atom. The van der Waals surface area contributed by atoms with E-state index in [4.69, 9.17) is 0 Å². The van der Waals surface area contributed by atoms with Gasteiger partial charge in [0.05, 0.1) is 11.4 Å². The first-order valence-corrected chi connectivity index (χ1v) is 5.74. The standard InChI is InChI=1S/C13H17N5/c1-9(2)17-18-7-5-6-12(18)11(4)14-13-8-10(3)15-16-13/h5-8H,4H2,1-3H3,(H2,14,15,16). The predicted octanol–water partition coefficient (Wildman–Crippen LogP) is 2.85. The molecule has 18 heavy (non-hydrogen) atoms. The molecule has 0 saturated heterocycles. The Bertz CT molecular complexity index is 584. The zero-order chi connectivity index (χ0) is 13.1. The lowest BCUT2D eigenvalue weighted by Crippen LogP contribution is -2.03. The fourth-order valence-electron chi connectivity index (χ4n) is 1.61. The molecule has 94 valence electrons. The first-order chi connectivity index (χ1) is 8.56. The van der Waals surface area contributed by atoms with E-state index in [1.165, 1.54) is 0 Å². The van der Waals surface area contributed by atoms with Crippen LogP contribution in [0.2, 0.25) is 0 Å². The number of rotatable bonds is 4. The number of aromatic amines is 1. The van der Waals surface area contributed by atoms with Crippen LogP contribution in [0, 0.1) is 6.92 Å². The summed E-state index contributed by atoms with van der Waals surface area (Å²) >= 11 is 0. The summed E-state index contributed by atoms with van der Waals surface area (Å²) < 4.78 is 1.80. The van der Waals surface area contributed by atoms with E-state index in [9.17, 15) is 0 Å². The summed E-state index contributed by atoms with van der Waals surface area (Å²) in [6.45, 7) is 9.88. The van der Waals surface area contributed by atoms with Crippen LogP contribution in [0.25, 0.3) is 5.70 Å². The highest BCUT2D eigenvalue weighted by Gasteiger charge is 2.06. The summed E-state index contributed by atoms with van der Waals surface area (Å²) in [4.78, 5) is 0. The number of hydrogen-bond acceptors (Lipinski definition) is 3. The minimum Gasteiger partial charge on any atom is -0.337 e. The van der Waals surface area contributed by atoms with Crippen LogP contribution >= 0.6 is 0 Å². The van der Waals surface area contributed by atoms with Crippen LogP contribution in [0.3, 0.4) is 0 Å². The van der Waals surface area contributed by atoms with Gasteiger partial charge in [-0.3, -0.25) is 5.10 Å². The minimum absolute atomic E-state index is 0.752. The van der Waals surface area contributed by atoms with Crippen LogP contribution in [0.1, 0.15) is 25.2 Å². The first kappa shape index (κ1) is 12.2. The number of hydrogen-bond donors (Lipinski definition) is 2. The molecule has 0 aromatic carbocycles. The molecule has 5 nitrogen and oxygen atoms in total. The van der Waals surface area contributed by atoms with Crippen molar-refractivity contribution in [2.45, 2.75) is 20.8 Å². The molecule has 2 N–H and O–H groups in total. The number of aromatic nitrogens is 3. The molecule has 0 fully saturated rings. The molecule has 0 unspecified atom stereocenters. The monoisotopic (exact) mass is 243 g/mol. The number of nitrogens with zero attached hydrogens (tertiary/aromatic N) is 3. The Balaban J connectivity index is 2.19. The van der Waals surface area contributed by atoms with E-state index in [1.807, 2.05) is 45.2 Å². The third-order valence-electron chi connectivity index (χ3n) is 2.33. The van der Waals surface area contributed by atoms with E-state index in [0.717, 1.165) is 28.6 Å². The van der Waals surface area contributed by atoms with E-state index in [2.05, 4.69) is 27.2 Å². The maximum atomic E-state index is 4.39. The van der Waals surface area contributed by atoms with Gasteiger partial charge in [-0.2, -0.15) is 10.2 Å². The topological polar surface area (TPSA) is 58.0 Å². The molecular formula is C13H17N5. The Hall–Kier alpha value is -2.30. The van der Waals surface area contributed by atoms with Gasteiger partial charge < -0.3 is 5.32 Å². The van der Waals surface area contributed by atoms with Gasteiger partial charge in [0.25, 0.3) is 0 Å². The van der Waals surface area contributed by atoms with Gasteiger partial charge in [0.15, 0.2) is 5.82 Å². The highest BCUT2D eigenvalue weighted by atomic mass is 15.4. The quantitative estimate of drug-likeness (QED) is 0.811. The van der Waals surface area contributed by atoms with Crippen molar-refractivity contribution in [2.75, 3.05) is 5.32 Å². The Morgan fingerprint density at radius 3 is 2.89 bits per heavy atom. The van der Waals surface area contributed by atoms with Gasteiger partial charge in [-0.25, -0.2) is 4.68 Å². The van der Waals surface area contributed by atoms with E-state index in [1.54, 1.807) is 4.68 Å². The second-order valence-corrected chi connectivity index (χ2v) is 4.32. The minimum atomic E-state index is 0.752. The fourth-order valence-corrected chi connectivity index (χ4v) is 1.61. The van der Waals surface area contributed by atoms with E-state index < -0.39 is 0 Å². The summed E-state index contributed by atoms with van der Waals surface area (Å²) in [6.07, 6.45) is 1.89. The summed E-state index contributed by atoms with van der Waals surface area (Å²) in [5, 5.41) is 14.5. The zero-order valence-corrected chi connectivity index (χ0v) is 10.9. The van der Waals surface area contributed by atoms with Crippen molar-refractivity contribution < 1.29 is 0 Å². The Morgan fingerprint density at radius 2 is 2.28 bits per heavy atom. The molecule has 2 rings (SSSR count). The maximum Gasteiger partial charge on any atom is 0.152 e. The van der Waals surface area contributed by atoms with Crippen LogP contribution < -0.4 is 5.32 Å². The number of H-pyrrole nitrogens is 1. The molecule has 0 saturated carbocycles. The SMILES string of the molecule is C=C(Nc1cc(C)[nH]n1)c1cccn1N=C(C)C. The summed E-state index contributed by atoms with van der Waals surface area (Å²) in [5.74, 6) is 0.752. The van der Waals surface area contributed by atoms with Gasteiger partial charge >= 0.3 is 0 Å². The van der Waals surface area contributed by atoms with Crippen molar-refractivity contribution >= 4 is 17.2 Å². The largest absolute Gasteiger partial charge is 0.337 e. The Labute approximate surface area is 106 Å². The lowest BCUT2D eigenvalue weighted by Gasteiger charge is -2.08.